The molecule has 0 radical (unpaired) electrons. The number of rotatable bonds is 8. The number of amides is 3. The Morgan fingerprint density at radius 3 is 2.44 bits per heavy atom. The Bertz CT molecular complexity index is 1990. The topological polar surface area (TPSA) is 189 Å². The van der Waals surface area contributed by atoms with E-state index in [2.05, 4.69) is 5.32 Å². The molecule has 2 fully saturated rings. The molecule has 3 amide bonds. The van der Waals surface area contributed by atoms with Gasteiger partial charge in [-0.05, 0) is 66.5 Å². The molecule has 16 heteroatoms. The van der Waals surface area contributed by atoms with Crippen molar-refractivity contribution in [3.63, 3.8) is 0 Å². The number of aliphatic hydroxyl groups is 5. The average molecular weight is 798 g/mol. The molecule has 294 valence electrons. The molecule has 0 unspecified atom stereocenters. The molecule has 6 N–H and O–H groups in total. The van der Waals surface area contributed by atoms with Crippen molar-refractivity contribution in [2.75, 3.05) is 16.8 Å². The number of halogens is 2. The zero-order valence-electron chi connectivity index (χ0n) is 30.5. The maximum atomic E-state index is 16.5. The smallest absolute Gasteiger partial charge is 0.264 e. The minimum absolute atomic E-state index is 0.00272. The van der Waals surface area contributed by atoms with Gasteiger partial charge in [-0.2, -0.15) is 0 Å². The lowest BCUT2D eigenvalue weighted by atomic mass is 9.82. The molecular weight excluding hydrogens is 753 g/mol. The van der Waals surface area contributed by atoms with Crippen molar-refractivity contribution < 1.29 is 53.5 Å². The molecule has 10 atom stereocenters. The van der Waals surface area contributed by atoms with Gasteiger partial charge in [0, 0.05) is 34.3 Å². The molecule has 55 heavy (non-hydrogen) atoms. The Labute approximate surface area is 323 Å². The summed E-state index contributed by atoms with van der Waals surface area (Å²) in [6.45, 7) is 4.94. The molecule has 4 heterocycles. The van der Waals surface area contributed by atoms with E-state index in [1.807, 2.05) is 24.3 Å². The number of hydrogen-bond acceptors (Lipinski definition) is 10. The molecule has 7 rings (SSSR count). The van der Waals surface area contributed by atoms with Crippen LogP contribution >= 0.6 is 11.6 Å². The minimum Gasteiger partial charge on any atom is -0.394 e. The first kappa shape index (κ1) is 39.5. The second-order valence-electron chi connectivity index (χ2n) is 15.5. The number of fused-ring (bicyclic) bond motifs is 3. The Balaban J connectivity index is 1.15. The molecule has 3 aromatic carbocycles. The maximum absolute atomic E-state index is 16.5. The number of aliphatic hydroxyl groups excluding tert-OH is 5. The van der Waals surface area contributed by atoms with E-state index in [-0.39, 0.29) is 31.2 Å². The predicted molar refractivity (Wildman–Crippen MR) is 201 cm³/mol. The van der Waals surface area contributed by atoms with Gasteiger partial charge in [0.1, 0.15) is 18.3 Å². The van der Waals surface area contributed by atoms with Gasteiger partial charge in [-0.3, -0.25) is 14.4 Å². The zero-order valence-corrected chi connectivity index (χ0v) is 32.3. The van der Waals surface area contributed by atoms with Crippen molar-refractivity contribution in [1.29, 1.82) is 0 Å². The summed E-state index contributed by atoms with van der Waals surface area (Å²) in [6, 6.07) is 18.8. The lowest BCUT2D eigenvalue weighted by Crippen LogP contribution is -2.60. The van der Waals surface area contributed by atoms with E-state index in [1.54, 1.807) is 67.4 Å². The lowest BCUT2D eigenvalue weighted by Gasteiger charge is -2.37. The predicted octanol–water partition coefficient (Wildman–Crippen LogP) is 2.74. The summed E-state index contributed by atoms with van der Waals surface area (Å²) in [6.07, 6.45) is -9.68. The van der Waals surface area contributed by atoms with Crippen LogP contribution in [0.3, 0.4) is 0 Å². The van der Waals surface area contributed by atoms with E-state index in [9.17, 15) is 39.9 Å². The molecule has 0 aromatic heterocycles. The normalized spacial score (nSPS) is 31.7. The van der Waals surface area contributed by atoms with Crippen molar-refractivity contribution in [2.24, 2.45) is 5.92 Å². The van der Waals surface area contributed by atoms with E-state index < -0.39 is 80.1 Å². The van der Waals surface area contributed by atoms with Gasteiger partial charge >= 0.3 is 0 Å². The largest absolute Gasteiger partial charge is 0.394 e. The van der Waals surface area contributed by atoms with Gasteiger partial charge in [0.05, 0.1) is 37.4 Å². The fourth-order valence-corrected chi connectivity index (χ4v) is 11.6. The summed E-state index contributed by atoms with van der Waals surface area (Å²) < 4.78 is 28.3. The Morgan fingerprint density at radius 1 is 1.00 bits per heavy atom. The van der Waals surface area contributed by atoms with Crippen molar-refractivity contribution >= 4 is 49.1 Å². The summed E-state index contributed by atoms with van der Waals surface area (Å²) in [5.74, 6) is -2.34. The first-order valence-corrected chi connectivity index (χ1v) is 21.6. The first-order valence-electron chi connectivity index (χ1n) is 18.3. The van der Waals surface area contributed by atoms with Crippen LogP contribution < -0.4 is 10.2 Å². The molecule has 13 nitrogen and oxygen atoms in total. The molecule has 2 saturated heterocycles. The summed E-state index contributed by atoms with van der Waals surface area (Å²) in [5.41, 5.74) is 1.38. The highest BCUT2D eigenvalue weighted by Crippen LogP contribution is 2.60. The standard InChI is InChI=1S/C39H45ClFN3O10Si/c1-20-35(55(2,3)41)29(16-30(46)43-18-23-9-5-4-8-22(23)14-26(43)19-45)54-39(20)27-15-24(40)11-12-28(27)44(38(39)52)17-21-7-6-10-25(13-21)42-36(50)34-32(48)31(47)33(49)37(51)53-34/h4-13,15,20,26,29,31-35,37,45,47-49,51H,14,16-19H2,1-3H3,(H,42,50)/t20-,26-,29+,31-,32-,33+,34-,35-,37+,39+/m0/s1. The van der Waals surface area contributed by atoms with Gasteiger partial charge in [0.25, 0.3) is 11.8 Å². The lowest BCUT2D eigenvalue weighted by molar-refractivity contribution is -0.274. The average Bonchev–Trinajstić information content (AvgIpc) is 3.57. The van der Waals surface area contributed by atoms with E-state index in [4.69, 9.17) is 21.1 Å². The number of nitrogens with zero attached hydrogens (tertiary/aromatic N) is 2. The third-order valence-electron chi connectivity index (χ3n) is 11.6. The number of benzene rings is 3. The number of carbonyl (C=O) groups excluding carboxylic acids is 3. The third kappa shape index (κ3) is 7.00. The Kier molecular flexibility index (Phi) is 10.7. The van der Waals surface area contributed by atoms with Crippen LogP contribution in [0, 0.1) is 5.92 Å². The van der Waals surface area contributed by atoms with Crippen molar-refractivity contribution in [3.05, 3.63) is 94.0 Å². The fourth-order valence-electron chi connectivity index (χ4n) is 8.93. The van der Waals surface area contributed by atoms with Crippen LogP contribution in [0.4, 0.5) is 15.5 Å². The van der Waals surface area contributed by atoms with Gasteiger partial charge in [-0.15, -0.1) is 0 Å². The highest BCUT2D eigenvalue weighted by Gasteiger charge is 2.67. The van der Waals surface area contributed by atoms with Gasteiger partial charge in [0.15, 0.2) is 18.0 Å². The third-order valence-corrected chi connectivity index (χ3v) is 14.3. The van der Waals surface area contributed by atoms with Crippen LogP contribution in [0.15, 0.2) is 66.7 Å². The molecule has 4 aliphatic rings. The molecular formula is C39H45ClFN3O10Si. The number of hydrogen-bond donors (Lipinski definition) is 6. The van der Waals surface area contributed by atoms with E-state index in [0.717, 1.165) is 11.1 Å². The van der Waals surface area contributed by atoms with Crippen LogP contribution in [0.2, 0.25) is 23.7 Å². The highest BCUT2D eigenvalue weighted by atomic mass is 35.5. The minimum atomic E-state index is -3.62. The Morgan fingerprint density at radius 2 is 1.73 bits per heavy atom. The van der Waals surface area contributed by atoms with Crippen molar-refractivity contribution in [1.82, 2.24) is 4.90 Å². The van der Waals surface area contributed by atoms with Gasteiger partial charge < -0.3 is 54.2 Å². The number of anilines is 2. The van der Waals surface area contributed by atoms with E-state index >= 15 is 4.11 Å². The summed E-state index contributed by atoms with van der Waals surface area (Å²) >= 11 is 6.53. The van der Waals surface area contributed by atoms with Crippen LogP contribution in [0.1, 0.15) is 35.6 Å². The second-order valence-corrected chi connectivity index (χ2v) is 19.7. The number of carbonyl (C=O) groups is 3. The van der Waals surface area contributed by atoms with Crippen molar-refractivity contribution in [2.45, 2.75) is 99.9 Å². The van der Waals surface area contributed by atoms with Crippen molar-refractivity contribution in [3.8, 4) is 0 Å². The summed E-state index contributed by atoms with van der Waals surface area (Å²) in [4.78, 5) is 45.2. The van der Waals surface area contributed by atoms with E-state index in [1.165, 1.54) is 4.90 Å². The summed E-state index contributed by atoms with van der Waals surface area (Å²) in [5, 5.41) is 53.2. The molecule has 0 saturated carbocycles. The van der Waals surface area contributed by atoms with Gasteiger partial charge in [0.2, 0.25) is 14.3 Å². The molecule has 1 spiro atoms. The quantitative estimate of drug-likeness (QED) is 0.146. The maximum Gasteiger partial charge on any atom is 0.264 e. The molecule has 0 bridgehead atoms. The monoisotopic (exact) mass is 797 g/mol. The summed E-state index contributed by atoms with van der Waals surface area (Å²) in [7, 11) is -3.62. The zero-order chi connectivity index (χ0) is 39.6. The first-order chi connectivity index (χ1) is 26.0. The van der Waals surface area contributed by atoms with Crippen LogP contribution in [-0.2, 0) is 49.0 Å². The Hall–Kier alpha value is -3.77. The van der Waals surface area contributed by atoms with E-state index in [0.29, 0.717) is 34.8 Å². The van der Waals surface area contributed by atoms with Crippen LogP contribution in [0.25, 0.3) is 0 Å². The number of nitrogens with one attached hydrogen (secondary N) is 1. The molecule has 3 aromatic rings. The fraction of sp³-hybridized carbons (Fsp3) is 0.462. The van der Waals surface area contributed by atoms with Gasteiger partial charge in [-0.25, -0.2) is 0 Å². The SMILES string of the molecule is C[C@H]1[C@H]([Si](C)(C)F)[C@@H](CC(=O)N2Cc3ccccc3C[C@H]2CO)O[C@]12C(=O)N(Cc1cccc(NC(=O)[C@H]3O[C@@H](O)[C@H](O)[C@@H](O)[C@@H]3O)c1)c1ccc(Cl)cc12. The van der Waals surface area contributed by atoms with Gasteiger partial charge in [-0.1, -0.05) is 54.9 Å². The molecule has 4 aliphatic heterocycles. The second kappa shape index (κ2) is 15.0. The number of ether oxygens (including phenoxy) is 2. The van der Waals surface area contributed by atoms with Crippen LogP contribution in [-0.4, -0.2) is 106 Å². The highest BCUT2D eigenvalue weighted by molar-refractivity contribution is 6.72. The van der Waals surface area contributed by atoms with Crippen LogP contribution in [0.5, 0.6) is 0 Å². The molecule has 0 aliphatic carbocycles.